The molecule has 0 fully saturated rings. The first kappa shape index (κ1) is 13.1. The van der Waals surface area contributed by atoms with E-state index in [1.807, 2.05) is 0 Å². The molecule has 0 atom stereocenters. The van der Waals surface area contributed by atoms with Gasteiger partial charge in [0.05, 0.1) is 0 Å². The van der Waals surface area contributed by atoms with Crippen molar-refractivity contribution in [3.05, 3.63) is 48.3 Å². The van der Waals surface area contributed by atoms with E-state index in [1.54, 1.807) is 6.07 Å². The van der Waals surface area contributed by atoms with E-state index in [2.05, 4.69) is 9.72 Å². The zero-order chi connectivity index (χ0) is 13.9. The van der Waals surface area contributed by atoms with Crippen molar-refractivity contribution in [2.75, 3.05) is 0 Å². The van der Waals surface area contributed by atoms with Crippen molar-refractivity contribution in [1.82, 2.24) is 4.98 Å². The van der Waals surface area contributed by atoms with Gasteiger partial charge in [0.15, 0.2) is 6.29 Å². The highest BCUT2D eigenvalue weighted by Gasteiger charge is 2.32. The Labute approximate surface area is 106 Å². The third kappa shape index (κ3) is 3.09. The Morgan fingerprint density at radius 1 is 1.11 bits per heavy atom. The molecule has 1 heterocycles. The molecule has 0 spiro atoms. The Morgan fingerprint density at radius 2 is 1.84 bits per heavy atom. The largest absolute Gasteiger partial charge is 0.573 e. The van der Waals surface area contributed by atoms with Gasteiger partial charge < -0.3 is 4.74 Å². The number of ether oxygens (including phenoxy) is 1. The summed E-state index contributed by atoms with van der Waals surface area (Å²) in [5.41, 5.74) is 0.695. The van der Waals surface area contributed by atoms with Gasteiger partial charge in [-0.2, -0.15) is 0 Å². The van der Waals surface area contributed by atoms with Gasteiger partial charge in [0.1, 0.15) is 5.75 Å². The zero-order valence-electron chi connectivity index (χ0n) is 9.52. The van der Waals surface area contributed by atoms with Gasteiger partial charge in [-0.15, -0.1) is 13.2 Å². The third-order valence-corrected chi connectivity index (χ3v) is 2.38. The molecule has 19 heavy (non-hydrogen) atoms. The highest BCUT2D eigenvalue weighted by molar-refractivity contribution is 5.88. The van der Waals surface area contributed by atoms with Crippen LogP contribution >= 0.6 is 0 Å². The van der Waals surface area contributed by atoms with Crippen LogP contribution in [-0.4, -0.2) is 17.6 Å². The lowest BCUT2D eigenvalue weighted by Crippen LogP contribution is -2.17. The minimum atomic E-state index is -4.79. The minimum absolute atomic E-state index is 0.162. The number of para-hydroxylation sites is 1. The number of aromatic nitrogens is 1. The normalized spacial score (nSPS) is 11.1. The number of halogens is 3. The van der Waals surface area contributed by atoms with Crippen molar-refractivity contribution in [3.8, 4) is 16.9 Å². The Hall–Kier alpha value is -2.37. The molecule has 0 aliphatic heterocycles. The van der Waals surface area contributed by atoms with Crippen LogP contribution in [0.4, 0.5) is 13.2 Å². The second kappa shape index (κ2) is 5.09. The van der Waals surface area contributed by atoms with Crippen LogP contribution in [0.25, 0.3) is 11.1 Å². The van der Waals surface area contributed by atoms with Crippen molar-refractivity contribution in [2.24, 2.45) is 0 Å². The molecule has 0 bridgehead atoms. The van der Waals surface area contributed by atoms with Crippen LogP contribution in [0.1, 0.15) is 10.4 Å². The monoisotopic (exact) mass is 267 g/mol. The lowest BCUT2D eigenvalue weighted by atomic mass is 10.0. The molecule has 2 rings (SSSR count). The molecule has 0 saturated heterocycles. The Bertz CT molecular complexity index is 596. The van der Waals surface area contributed by atoms with Crippen molar-refractivity contribution in [2.45, 2.75) is 6.36 Å². The molecule has 0 unspecified atom stereocenters. The first-order valence-electron chi connectivity index (χ1n) is 5.25. The number of hydrogen-bond donors (Lipinski definition) is 0. The van der Waals surface area contributed by atoms with E-state index in [1.165, 1.54) is 36.7 Å². The molecule has 0 N–H and O–H groups in total. The molecule has 1 aromatic heterocycles. The number of rotatable bonds is 3. The average molecular weight is 267 g/mol. The van der Waals surface area contributed by atoms with Crippen molar-refractivity contribution in [3.63, 3.8) is 0 Å². The van der Waals surface area contributed by atoms with Crippen LogP contribution in [-0.2, 0) is 0 Å². The molecule has 98 valence electrons. The summed E-state index contributed by atoms with van der Waals surface area (Å²) in [7, 11) is 0. The number of carbonyl (C=O) groups is 1. The van der Waals surface area contributed by atoms with E-state index in [0.717, 1.165) is 0 Å². The fourth-order valence-electron chi connectivity index (χ4n) is 1.64. The number of aldehydes is 1. The summed E-state index contributed by atoms with van der Waals surface area (Å²) < 4.78 is 40.9. The zero-order valence-corrected chi connectivity index (χ0v) is 9.52. The van der Waals surface area contributed by atoms with Crippen molar-refractivity contribution in [1.29, 1.82) is 0 Å². The molecule has 1 aromatic carbocycles. The van der Waals surface area contributed by atoms with E-state index < -0.39 is 6.36 Å². The van der Waals surface area contributed by atoms with Gasteiger partial charge >= 0.3 is 6.36 Å². The number of benzene rings is 1. The summed E-state index contributed by atoms with van der Waals surface area (Å²) in [5.74, 6) is -0.369. The van der Waals surface area contributed by atoms with Gasteiger partial charge in [-0.25, -0.2) is 0 Å². The Morgan fingerprint density at radius 3 is 2.53 bits per heavy atom. The first-order valence-corrected chi connectivity index (χ1v) is 5.25. The fourth-order valence-corrected chi connectivity index (χ4v) is 1.64. The maximum absolute atomic E-state index is 12.3. The maximum atomic E-state index is 12.3. The summed E-state index contributed by atoms with van der Waals surface area (Å²) in [6, 6.07) is 7.02. The molecular weight excluding hydrogens is 259 g/mol. The Kier molecular flexibility index (Phi) is 3.50. The number of carbonyl (C=O) groups excluding carboxylic acids is 1. The quantitative estimate of drug-likeness (QED) is 0.799. The van der Waals surface area contributed by atoms with Crippen LogP contribution in [0.3, 0.4) is 0 Å². The number of nitrogens with zero attached hydrogens (tertiary/aromatic N) is 1. The highest BCUT2D eigenvalue weighted by atomic mass is 19.4. The summed E-state index contributed by atoms with van der Waals surface area (Å²) in [4.78, 5) is 14.7. The first-order chi connectivity index (χ1) is 9.01. The smallest absolute Gasteiger partial charge is 0.405 e. The average Bonchev–Trinajstić information content (AvgIpc) is 2.37. The van der Waals surface area contributed by atoms with Crippen LogP contribution in [0, 0.1) is 0 Å². The second-order valence-electron chi connectivity index (χ2n) is 3.62. The van der Waals surface area contributed by atoms with Gasteiger partial charge in [0.2, 0.25) is 0 Å². The van der Waals surface area contributed by atoms with Gasteiger partial charge in [0.25, 0.3) is 0 Å². The predicted molar refractivity (Wildman–Crippen MR) is 61.7 cm³/mol. The predicted octanol–water partition coefficient (Wildman–Crippen LogP) is 3.46. The number of alkyl halides is 3. The number of pyridine rings is 1. The van der Waals surface area contributed by atoms with Gasteiger partial charge in [-0.05, 0) is 12.1 Å². The van der Waals surface area contributed by atoms with Crippen LogP contribution in [0.15, 0.2) is 42.7 Å². The molecule has 6 heteroatoms. The maximum Gasteiger partial charge on any atom is 0.573 e. The standard InChI is InChI=1S/C13H8F3NO2/c14-13(15,16)19-12-4-2-1-3-10(12)11-7-17-6-5-9(11)8-18/h1-8H. The van der Waals surface area contributed by atoms with Crippen molar-refractivity contribution < 1.29 is 22.7 Å². The molecule has 2 aromatic rings. The van der Waals surface area contributed by atoms with Crippen LogP contribution in [0.5, 0.6) is 5.75 Å². The summed E-state index contributed by atoms with van der Waals surface area (Å²) in [6.45, 7) is 0. The summed E-state index contributed by atoms with van der Waals surface area (Å²) in [5, 5.41) is 0. The summed E-state index contributed by atoms with van der Waals surface area (Å²) in [6.07, 6.45) is -1.52. The highest BCUT2D eigenvalue weighted by Crippen LogP contribution is 2.34. The van der Waals surface area contributed by atoms with E-state index in [-0.39, 0.29) is 22.4 Å². The van der Waals surface area contributed by atoms with Gasteiger partial charge in [-0.1, -0.05) is 18.2 Å². The van der Waals surface area contributed by atoms with Crippen LogP contribution < -0.4 is 4.74 Å². The lowest BCUT2D eigenvalue weighted by molar-refractivity contribution is -0.274. The molecule has 3 nitrogen and oxygen atoms in total. The molecule has 0 amide bonds. The third-order valence-electron chi connectivity index (χ3n) is 2.38. The molecule has 0 aliphatic carbocycles. The van der Waals surface area contributed by atoms with Crippen LogP contribution in [0.2, 0.25) is 0 Å². The Balaban J connectivity index is 2.53. The molecule has 0 saturated carbocycles. The SMILES string of the molecule is O=Cc1ccncc1-c1ccccc1OC(F)(F)F. The van der Waals surface area contributed by atoms with E-state index in [0.29, 0.717) is 6.29 Å². The molecule has 0 aliphatic rings. The van der Waals surface area contributed by atoms with E-state index in [9.17, 15) is 18.0 Å². The topological polar surface area (TPSA) is 39.2 Å². The van der Waals surface area contributed by atoms with Crippen molar-refractivity contribution >= 4 is 6.29 Å². The minimum Gasteiger partial charge on any atom is -0.405 e. The van der Waals surface area contributed by atoms with E-state index in [4.69, 9.17) is 0 Å². The molecular formula is C13H8F3NO2. The fraction of sp³-hybridized carbons (Fsp3) is 0.0769. The lowest BCUT2D eigenvalue weighted by Gasteiger charge is -2.13. The second-order valence-corrected chi connectivity index (χ2v) is 3.62. The van der Waals surface area contributed by atoms with E-state index >= 15 is 0 Å². The van der Waals surface area contributed by atoms with Gasteiger partial charge in [-0.3, -0.25) is 9.78 Å². The summed E-state index contributed by atoms with van der Waals surface area (Å²) >= 11 is 0. The molecule has 0 radical (unpaired) electrons. The van der Waals surface area contributed by atoms with Gasteiger partial charge in [0, 0.05) is 29.1 Å². The number of hydrogen-bond acceptors (Lipinski definition) is 3.